The normalized spacial score (nSPS) is 13.4. The van der Waals surface area contributed by atoms with E-state index in [1.165, 1.54) is 10.7 Å². The van der Waals surface area contributed by atoms with Crippen LogP contribution in [0, 0.1) is 0 Å². The molecule has 0 bridgehead atoms. The van der Waals surface area contributed by atoms with Gasteiger partial charge in [-0.25, -0.2) is 4.98 Å². The maximum atomic E-state index is 4.55. The third-order valence-corrected chi connectivity index (χ3v) is 3.84. The monoisotopic (exact) mass is 268 g/mol. The number of nitrogens with one attached hydrogen (secondary N) is 2. The van der Waals surface area contributed by atoms with E-state index in [0.717, 1.165) is 31.8 Å². The first-order chi connectivity index (χ1) is 8.69. The van der Waals surface area contributed by atoms with Gasteiger partial charge in [0.2, 0.25) is 0 Å². The van der Waals surface area contributed by atoms with Crippen molar-refractivity contribution in [3.05, 3.63) is 16.1 Å². The number of guanidine groups is 1. The van der Waals surface area contributed by atoms with Gasteiger partial charge in [-0.15, -0.1) is 11.3 Å². The number of nitrogens with zero attached hydrogens (tertiary/aromatic N) is 2. The van der Waals surface area contributed by atoms with Gasteiger partial charge in [0.25, 0.3) is 0 Å². The van der Waals surface area contributed by atoms with Crippen LogP contribution in [0.25, 0.3) is 0 Å². The molecule has 0 fully saturated rings. The Morgan fingerprint density at radius 2 is 2.28 bits per heavy atom. The van der Waals surface area contributed by atoms with Crippen molar-refractivity contribution in [2.24, 2.45) is 4.99 Å². The topological polar surface area (TPSA) is 49.3 Å². The van der Waals surface area contributed by atoms with Crippen LogP contribution in [-0.4, -0.2) is 30.6 Å². The molecule has 0 amide bonds. The molecule has 4 nitrogen and oxygen atoms in total. The average Bonchev–Trinajstić information content (AvgIpc) is 2.85. The SMILES string of the molecule is CCc1nc(CCNC(=NC)NC(C)CC)cs1. The van der Waals surface area contributed by atoms with Gasteiger partial charge in [-0.2, -0.15) is 0 Å². The highest BCUT2D eigenvalue weighted by atomic mass is 32.1. The van der Waals surface area contributed by atoms with Crippen molar-refractivity contribution < 1.29 is 0 Å². The highest BCUT2D eigenvalue weighted by Crippen LogP contribution is 2.10. The molecule has 1 aromatic heterocycles. The van der Waals surface area contributed by atoms with Crippen LogP contribution in [0.3, 0.4) is 0 Å². The Hall–Kier alpha value is -1.10. The molecule has 0 aliphatic carbocycles. The van der Waals surface area contributed by atoms with Crippen molar-refractivity contribution in [2.45, 2.75) is 46.1 Å². The molecule has 1 heterocycles. The molecular weight excluding hydrogens is 244 g/mol. The number of aromatic nitrogens is 1. The summed E-state index contributed by atoms with van der Waals surface area (Å²) < 4.78 is 0. The van der Waals surface area contributed by atoms with Crippen LogP contribution in [-0.2, 0) is 12.8 Å². The predicted molar refractivity (Wildman–Crippen MR) is 79.4 cm³/mol. The maximum absolute atomic E-state index is 4.55. The van der Waals surface area contributed by atoms with Gasteiger partial charge in [0.05, 0.1) is 10.7 Å². The Labute approximate surface area is 114 Å². The van der Waals surface area contributed by atoms with E-state index < -0.39 is 0 Å². The largest absolute Gasteiger partial charge is 0.356 e. The van der Waals surface area contributed by atoms with Gasteiger partial charge < -0.3 is 10.6 Å². The summed E-state index contributed by atoms with van der Waals surface area (Å²) >= 11 is 1.74. The minimum Gasteiger partial charge on any atom is -0.356 e. The summed E-state index contributed by atoms with van der Waals surface area (Å²) in [6, 6.07) is 0.446. The second-order valence-electron chi connectivity index (χ2n) is 4.29. The Morgan fingerprint density at radius 3 is 2.83 bits per heavy atom. The summed E-state index contributed by atoms with van der Waals surface area (Å²) in [4.78, 5) is 8.75. The zero-order valence-corrected chi connectivity index (χ0v) is 12.6. The van der Waals surface area contributed by atoms with Crippen LogP contribution in [0.4, 0.5) is 0 Å². The van der Waals surface area contributed by atoms with Crippen molar-refractivity contribution >= 4 is 17.3 Å². The first-order valence-corrected chi connectivity index (χ1v) is 7.48. The van der Waals surface area contributed by atoms with E-state index in [0.29, 0.717) is 6.04 Å². The third-order valence-electron chi connectivity index (χ3n) is 2.79. The van der Waals surface area contributed by atoms with Crippen LogP contribution in [0.15, 0.2) is 10.4 Å². The maximum Gasteiger partial charge on any atom is 0.191 e. The number of hydrogen-bond acceptors (Lipinski definition) is 3. The molecule has 1 unspecified atom stereocenters. The van der Waals surface area contributed by atoms with Crippen molar-refractivity contribution in [1.82, 2.24) is 15.6 Å². The number of thiazole rings is 1. The summed E-state index contributed by atoms with van der Waals surface area (Å²) in [5.74, 6) is 0.871. The lowest BCUT2D eigenvalue weighted by atomic mass is 10.3. The Kier molecular flexibility index (Phi) is 6.72. The van der Waals surface area contributed by atoms with Crippen molar-refractivity contribution in [1.29, 1.82) is 0 Å². The first-order valence-electron chi connectivity index (χ1n) is 6.60. The molecule has 102 valence electrons. The molecule has 0 aliphatic rings. The standard InChI is InChI=1S/C13H24N4S/c1-5-10(3)16-13(14-4)15-8-7-11-9-18-12(6-2)17-11/h9-10H,5-8H2,1-4H3,(H2,14,15,16). The lowest BCUT2D eigenvalue weighted by molar-refractivity contribution is 0.623. The Balaban J connectivity index is 2.31. The third kappa shape index (κ3) is 5.04. The summed E-state index contributed by atoms with van der Waals surface area (Å²) in [6.07, 6.45) is 3.06. The van der Waals surface area contributed by atoms with Crippen molar-refractivity contribution in [3.8, 4) is 0 Å². The number of hydrogen-bond donors (Lipinski definition) is 2. The minimum atomic E-state index is 0.446. The fourth-order valence-electron chi connectivity index (χ4n) is 1.47. The van der Waals surface area contributed by atoms with E-state index >= 15 is 0 Å². The fourth-order valence-corrected chi connectivity index (χ4v) is 2.24. The zero-order chi connectivity index (χ0) is 13.4. The van der Waals surface area contributed by atoms with E-state index in [9.17, 15) is 0 Å². The molecule has 0 aliphatic heterocycles. The first kappa shape index (κ1) is 15.0. The predicted octanol–water partition coefficient (Wildman–Crippen LogP) is 2.21. The van der Waals surface area contributed by atoms with E-state index in [1.807, 2.05) is 0 Å². The molecule has 0 radical (unpaired) electrons. The second kappa shape index (κ2) is 8.08. The second-order valence-corrected chi connectivity index (χ2v) is 5.23. The lowest BCUT2D eigenvalue weighted by Crippen LogP contribution is -2.42. The zero-order valence-electron chi connectivity index (χ0n) is 11.8. The van der Waals surface area contributed by atoms with Crippen LogP contribution < -0.4 is 10.6 Å². The molecule has 5 heteroatoms. The minimum absolute atomic E-state index is 0.446. The van der Waals surface area contributed by atoms with Crippen molar-refractivity contribution in [3.63, 3.8) is 0 Å². The number of aliphatic imine (C=N–C) groups is 1. The van der Waals surface area contributed by atoms with Gasteiger partial charge in [0, 0.05) is 31.4 Å². The van der Waals surface area contributed by atoms with Crippen LogP contribution in [0.2, 0.25) is 0 Å². The summed E-state index contributed by atoms with van der Waals surface area (Å²) in [7, 11) is 1.80. The molecule has 18 heavy (non-hydrogen) atoms. The molecular formula is C13H24N4S. The number of rotatable bonds is 6. The van der Waals surface area contributed by atoms with Crippen LogP contribution in [0.1, 0.15) is 37.9 Å². The Morgan fingerprint density at radius 1 is 1.50 bits per heavy atom. The van der Waals surface area contributed by atoms with E-state index in [-0.39, 0.29) is 0 Å². The van der Waals surface area contributed by atoms with Gasteiger partial charge in [0.15, 0.2) is 5.96 Å². The van der Waals surface area contributed by atoms with Gasteiger partial charge in [-0.05, 0) is 19.8 Å². The van der Waals surface area contributed by atoms with E-state index in [2.05, 4.69) is 46.8 Å². The molecule has 1 aromatic rings. The molecule has 0 saturated heterocycles. The quantitative estimate of drug-likeness (QED) is 0.614. The molecule has 0 spiro atoms. The fraction of sp³-hybridized carbons (Fsp3) is 0.692. The van der Waals surface area contributed by atoms with E-state index in [1.54, 1.807) is 18.4 Å². The highest BCUT2D eigenvalue weighted by molar-refractivity contribution is 7.09. The highest BCUT2D eigenvalue weighted by Gasteiger charge is 2.03. The smallest absolute Gasteiger partial charge is 0.191 e. The number of aryl methyl sites for hydroxylation is 1. The molecule has 0 aromatic carbocycles. The molecule has 1 rings (SSSR count). The molecule has 1 atom stereocenters. The molecule has 0 saturated carbocycles. The summed E-state index contributed by atoms with van der Waals surface area (Å²) in [5.41, 5.74) is 1.17. The Bertz CT molecular complexity index is 373. The van der Waals surface area contributed by atoms with Gasteiger partial charge >= 0.3 is 0 Å². The van der Waals surface area contributed by atoms with Gasteiger partial charge in [-0.1, -0.05) is 13.8 Å². The summed E-state index contributed by atoms with van der Waals surface area (Å²) in [5, 5.41) is 10.0. The summed E-state index contributed by atoms with van der Waals surface area (Å²) in [6.45, 7) is 7.31. The van der Waals surface area contributed by atoms with E-state index in [4.69, 9.17) is 0 Å². The molecule has 2 N–H and O–H groups in total. The average molecular weight is 268 g/mol. The lowest BCUT2D eigenvalue weighted by Gasteiger charge is -2.16. The van der Waals surface area contributed by atoms with Crippen LogP contribution in [0.5, 0.6) is 0 Å². The van der Waals surface area contributed by atoms with Crippen molar-refractivity contribution in [2.75, 3.05) is 13.6 Å². The van der Waals surface area contributed by atoms with Crippen LogP contribution >= 0.6 is 11.3 Å². The van der Waals surface area contributed by atoms with Gasteiger partial charge in [-0.3, -0.25) is 4.99 Å². The van der Waals surface area contributed by atoms with Gasteiger partial charge in [0.1, 0.15) is 0 Å².